The van der Waals surface area contributed by atoms with E-state index < -0.39 is 0 Å². The smallest absolute Gasteiger partial charge is 0.342 e. The molecule has 0 bridgehead atoms. The fourth-order valence-electron chi connectivity index (χ4n) is 1.86. The second kappa shape index (κ2) is 4.79. The van der Waals surface area contributed by atoms with Crippen molar-refractivity contribution < 1.29 is 21.1 Å². The van der Waals surface area contributed by atoms with E-state index in [2.05, 4.69) is 27.7 Å². The molecule has 0 spiro atoms. The van der Waals surface area contributed by atoms with E-state index in [0.717, 1.165) is 5.92 Å². The zero-order chi connectivity index (χ0) is 8.48. The Kier molecular flexibility index (Phi) is 5.07. The Bertz CT molecular complexity index is 125. The monoisotopic (exact) mass is 336 g/mol. The maximum absolute atomic E-state index is 4.27. The van der Waals surface area contributed by atoms with Crippen LogP contribution in [-0.2, 0) is 21.1 Å². The van der Waals surface area contributed by atoms with Crippen LogP contribution in [0.5, 0.6) is 0 Å². The molecule has 0 aliphatic heterocycles. The Hall–Kier alpha value is 0.688. The van der Waals surface area contributed by atoms with E-state index in [1.54, 1.807) is 0 Å². The van der Waals surface area contributed by atoms with Crippen molar-refractivity contribution in [2.45, 2.75) is 39.5 Å². The third kappa shape index (κ3) is 2.87. The van der Waals surface area contributed by atoms with Crippen LogP contribution in [0.25, 0.3) is 0 Å². The van der Waals surface area contributed by atoms with Crippen LogP contribution in [0.15, 0.2) is 0 Å². The molecule has 0 aromatic rings. The molecule has 1 atom stereocenters. The number of hydrogen-bond donors (Lipinski definition) is 0. The zero-order valence-corrected chi connectivity index (χ0v) is 11.2. The summed E-state index contributed by atoms with van der Waals surface area (Å²) >= 11 is 0. The van der Waals surface area contributed by atoms with Crippen LogP contribution >= 0.6 is 0 Å². The van der Waals surface area contributed by atoms with Crippen LogP contribution < -0.4 is 0 Å². The Labute approximate surface area is 91.8 Å². The van der Waals surface area contributed by atoms with Crippen molar-refractivity contribution in [3.05, 3.63) is 13.8 Å². The molecule has 1 rings (SSSR count). The summed E-state index contributed by atoms with van der Waals surface area (Å²) in [4.78, 5) is 0. The first kappa shape index (κ1) is 12.7. The minimum absolute atomic E-state index is 0. The van der Waals surface area contributed by atoms with Gasteiger partial charge in [0.05, 0.1) is 0 Å². The Morgan fingerprint density at radius 2 is 1.83 bits per heavy atom. The quantitative estimate of drug-likeness (QED) is 0.693. The molecule has 12 heavy (non-hydrogen) atoms. The van der Waals surface area contributed by atoms with E-state index in [0.29, 0.717) is 11.3 Å². The first-order valence-electron chi connectivity index (χ1n) is 4.73. The predicted molar refractivity (Wildman–Crippen MR) is 49.9 cm³/mol. The van der Waals surface area contributed by atoms with Crippen molar-refractivity contribution in [3.63, 3.8) is 0 Å². The van der Waals surface area contributed by atoms with Gasteiger partial charge in [-0.2, -0.15) is 11.3 Å². The number of hydrogen-bond acceptors (Lipinski definition) is 0. The molecule has 0 amide bonds. The Balaban J connectivity index is 0.00000121. The summed E-state index contributed by atoms with van der Waals surface area (Å²) in [5.74, 6) is 1.35. The summed E-state index contributed by atoms with van der Waals surface area (Å²) in [6, 6.07) is 0. The molecule has 70 valence electrons. The van der Waals surface area contributed by atoms with Crippen LogP contribution in [0, 0.1) is 31.1 Å². The first-order valence-corrected chi connectivity index (χ1v) is 4.73. The molecule has 1 fully saturated rings. The summed E-state index contributed by atoms with van der Waals surface area (Å²) in [6.07, 6.45) is 5.21. The van der Waals surface area contributed by atoms with Gasteiger partial charge in [0.15, 0.2) is 0 Å². The van der Waals surface area contributed by atoms with E-state index >= 15 is 0 Å². The van der Waals surface area contributed by atoms with Gasteiger partial charge in [0, 0.05) is 0 Å². The topological polar surface area (TPSA) is 0 Å². The Morgan fingerprint density at radius 1 is 1.33 bits per heavy atom. The van der Waals surface area contributed by atoms with Crippen LogP contribution in [0.1, 0.15) is 39.5 Å². The molecule has 1 aliphatic rings. The van der Waals surface area contributed by atoms with E-state index in [1.807, 2.05) is 0 Å². The van der Waals surface area contributed by atoms with Crippen LogP contribution in [0.3, 0.4) is 0 Å². The van der Waals surface area contributed by atoms with E-state index in [-0.39, 0.29) is 21.1 Å². The molecule has 0 aromatic heterocycles. The van der Waals surface area contributed by atoms with Crippen molar-refractivity contribution in [1.82, 2.24) is 0 Å². The summed E-state index contributed by atoms with van der Waals surface area (Å²) in [5, 5.41) is 0. The second-order valence-electron chi connectivity index (χ2n) is 4.54. The van der Waals surface area contributed by atoms with Gasteiger partial charge in [-0.1, -0.05) is 39.5 Å². The predicted octanol–water partition coefficient (Wildman–Crippen LogP) is 3.48. The maximum Gasteiger partial charge on any atom is 2.00 e. The first-order chi connectivity index (χ1) is 5.04. The number of rotatable bonds is 3. The van der Waals surface area contributed by atoms with Crippen LogP contribution in [0.4, 0.5) is 0 Å². The normalized spacial score (nSPS) is 22.8. The third-order valence-electron chi connectivity index (χ3n) is 2.97. The fourth-order valence-corrected chi connectivity index (χ4v) is 1.86. The van der Waals surface area contributed by atoms with E-state index in [9.17, 15) is 0 Å². The van der Waals surface area contributed by atoms with E-state index in [1.165, 1.54) is 25.7 Å². The summed E-state index contributed by atoms with van der Waals surface area (Å²) in [5.41, 5.74) is 0.351. The second-order valence-corrected chi connectivity index (χ2v) is 4.54. The zero-order valence-electron chi connectivity index (χ0n) is 8.31. The molecule has 0 saturated heterocycles. The van der Waals surface area contributed by atoms with Crippen molar-refractivity contribution in [2.24, 2.45) is 17.3 Å². The van der Waals surface area contributed by atoms with Crippen molar-refractivity contribution >= 4 is 0 Å². The molecular weight excluding hydrogens is 316 g/mol. The average molecular weight is 336 g/mol. The molecular formula is C11H20W. The Morgan fingerprint density at radius 3 is 2.08 bits per heavy atom. The average Bonchev–Trinajstić information content (AvgIpc) is 1.81. The summed E-state index contributed by atoms with van der Waals surface area (Å²) in [6.45, 7) is 13.0. The van der Waals surface area contributed by atoms with Crippen LogP contribution in [0.2, 0.25) is 0 Å². The van der Waals surface area contributed by atoms with Gasteiger partial charge in [-0.05, 0) is 5.92 Å². The molecule has 0 nitrogen and oxygen atoms in total. The van der Waals surface area contributed by atoms with Gasteiger partial charge in [-0.25, -0.2) is 0 Å². The van der Waals surface area contributed by atoms with Gasteiger partial charge in [0.1, 0.15) is 0 Å². The largest absolute Gasteiger partial charge is 2.00 e. The standard InChI is InChI=1S/C11H20.W/c1-9(2)8-10(3)11(4)6-5-7-11;/h9-10H,3-8H2,1-2H3;/q-2;+2. The molecule has 0 heterocycles. The SMILES string of the molecule is [CH2-]C(CC(C)C)C1([CH2-])CCC1.[W+2]. The molecule has 1 aliphatic carbocycles. The van der Waals surface area contributed by atoms with Gasteiger partial charge in [0.25, 0.3) is 0 Å². The van der Waals surface area contributed by atoms with Crippen molar-refractivity contribution in [1.29, 1.82) is 0 Å². The molecule has 0 radical (unpaired) electrons. The molecule has 0 N–H and O–H groups in total. The molecule has 1 unspecified atom stereocenters. The third-order valence-corrected chi connectivity index (χ3v) is 2.97. The maximum atomic E-state index is 4.27. The minimum atomic E-state index is 0. The van der Waals surface area contributed by atoms with Gasteiger partial charge in [-0.15, -0.1) is 0 Å². The molecule has 1 saturated carbocycles. The van der Waals surface area contributed by atoms with Crippen molar-refractivity contribution in [3.8, 4) is 0 Å². The van der Waals surface area contributed by atoms with E-state index in [4.69, 9.17) is 0 Å². The van der Waals surface area contributed by atoms with Crippen LogP contribution in [-0.4, -0.2) is 0 Å². The van der Waals surface area contributed by atoms with Crippen molar-refractivity contribution in [2.75, 3.05) is 0 Å². The van der Waals surface area contributed by atoms with Gasteiger partial charge in [0.2, 0.25) is 0 Å². The fraction of sp³-hybridized carbons (Fsp3) is 0.818. The van der Waals surface area contributed by atoms with Gasteiger partial charge in [-0.3, -0.25) is 0 Å². The summed E-state index contributed by atoms with van der Waals surface area (Å²) in [7, 11) is 0. The summed E-state index contributed by atoms with van der Waals surface area (Å²) < 4.78 is 0. The minimum Gasteiger partial charge on any atom is -0.342 e. The molecule has 0 aromatic carbocycles. The molecule has 1 heteroatoms. The van der Waals surface area contributed by atoms with Gasteiger partial charge < -0.3 is 13.8 Å². The van der Waals surface area contributed by atoms with Gasteiger partial charge >= 0.3 is 21.1 Å².